The molecule has 0 unspecified atom stereocenters. The van der Waals surface area contributed by atoms with E-state index in [1.54, 1.807) is 17.1 Å². The molecular formula is C19H19FN8O2. The molecule has 0 saturated heterocycles. The van der Waals surface area contributed by atoms with E-state index < -0.39 is 10.7 Å². The predicted molar refractivity (Wildman–Crippen MR) is 108 cm³/mol. The summed E-state index contributed by atoms with van der Waals surface area (Å²) in [5.74, 6) is -0.211. The molecule has 0 fully saturated rings. The molecule has 30 heavy (non-hydrogen) atoms. The lowest BCUT2D eigenvalue weighted by atomic mass is 9.93. The van der Waals surface area contributed by atoms with E-state index >= 15 is 0 Å². The van der Waals surface area contributed by atoms with Gasteiger partial charge < -0.3 is 5.73 Å². The number of nitrogens with zero attached hydrogens (tertiary/aromatic N) is 7. The van der Waals surface area contributed by atoms with E-state index in [0.717, 1.165) is 11.8 Å². The number of nitro benzene ring substituents is 1. The van der Waals surface area contributed by atoms with Gasteiger partial charge in [0.05, 0.1) is 34.8 Å². The lowest BCUT2D eigenvalue weighted by Gasteiger charge is -2.14. The van der Waals surface area contributed by atoms with Gasteiger partial charge in [0.2, 0.25) is 5.95 Å². The Balaban J connectivity index is 1.76. The van der Waals surface area contributed by atoms with Crippen LogP contribution in [0.1, 0.15) is 32.0 Å². The Morgan fingerprint density at radius 3 is 2.63 bits per heavy atom. The van der Waals surface area contributed by atoms with Crippen LogP contribution in [0.2, 0.25) is 0 Å². The number of anilines is 1. The Hall–Kier alpha value is -3.89. The Labute approximate surface area is 170 Å². The van der Waals surface area contributed by atoms with Crippen molar-refractivity contribution >= 4 is 22.7 Å². The van der Waals surface area contributed by atoms with E-state index in [1.807, 2.05) is 6.07 Å². The van der Waals surface area contributed by atoms with Gasteiger partial charge in [-0.3, -0.25) is 10.1 Å². The molecule has 0 aliphatic carbocycles. The first-order valence-electron chi connectivity index (χ1n) is 9.12. The highest BCUT2D eigenvalue weighted by molar-refractivity contribution is 5.83. The fourth-order valence-electron chi connectivity index (χ4n) is 3.03. The van der Waals surface area contributed by atoms with Crippen LogP contribution in [-0.2, 0) is 12.0 Å². The maximum absolute atomic E-state index is 14.3. The van der Waals surface area contributed by atoms with E-state index in [4.69, 9.17) is 5.73 Å². The number of rotatable bonds is 4. The normalized spacial score (nSPS) is 11.9. The van der Waals surface area contributed by atoms with Crippen LogP contribution in [0.15, 0.2) is 36.7 Å². The monoisotopic (exact) mass is 410 g/mol. The lowest BCUT2D eigenvalue weighted by Crippen LogP contribution is -2.13. The van der Waals surface area contributed by atoms with Crippen LogP contribution >= 0.6 is 0 Å². The first-order chi connectivity index (χ1) is 14.1. The molecular weight excluding hydrogens is 391 g/mol. The molecule has 1 aromatic carbocycles. The standard InChI is InChI=1S/C19H19FN8O2/c1-19(2,3)15-6-7-26(25-15)16-13-9-22-27(17(13)24-18(21)23-16)10-11-4-5-12(28(29)30)8-14(11)20/h4-9H,10H2,1-3H3,(H2,21,23,24). The summed E-state index contributed by atoms with van der Waals surface area (Å²) in [4.78, 5) is 18.7. The molecule has 3 heterocycles. The summed E-state index contributed by atoms with van der Waals surface area (Å²) in [7, 11) is 0. The second-order valence-electron chi connectivity index (χ2n) is 7.87. The molecule has 0 spiro atoms. The zero-order valence-corrected chi connectivity index (χ0v) is 16.6. The SMILES string of the molecule is CC(C)(C)c1ccn(-c2nc(N)nc3c2cnn3Cc2ccc([N+](=O)[O-])cc2F)n1. The van der Waals surface area contributed by atoms with Gasteiger partial charge in [-0.2, -0.15) is 20.2 Å². The number of hydrogen-bond acceptors (Lipinski definition) is 7. The van der Waals surface area contributed by atoms with E-state index in [-0.39, 0.29) is 29.2 Å². The van der Waals surface area contributed by atoms with Gasteiger partial charge in [-0.15, -0.1) is 0 Å². The Kier molecular flexibility index (Phi) is 4.45. The van der Waals surface area contributed by atoms with Gasteiger partial charge in [-0.1, -0.05) is 20.8 Å². The van der Waals surface area contributed by atoms with Crippen molar-refractivity contribution < 1.29 is 9.31 Å². The van der Waals surface area contributed by atoms with Crippen molar-refractivity contribution in [3.05, 3.63) is 63.8 Å². The summed E-state index contributed by atoms with van der Waals surface area (Å²) >= 11 is 0. The number of fused-ring (bicyclic) bond motifs is 1. The number of benzene rings is 1. The zero-order valence-electron chi connectivity index (χ0n) is 16.6. The number of nitrogen functional groups attached to an aromatic ring is 1. The van der Waals surface area contributed by atoms with Gasteiger partial charge in [0.25, 0.3) is 5.69 Å². The molecule has 4 rings (SSSR count). The third-order valence-electron chi connectivity index (χ3n) is 4.64. The smallest absolute Gasteiger partial charge is 0.272 e. The van der Waals surface area contributed by atoms with Crippen molar-refractivity contribution in [1.29, 1.82) is 0 Å². The average molecular weight is 410 g/mol. The molecule has 154 valence electrons. The minimum atomic E-state index is -0.697. The summed E-state index contributed by atoms with van der Waals surface area (Å²) in [6.45, 7) is 6.19. The van der Waals surface area contributed by atoms with Gasteiger partial charge in [0, 0.05) is 23.2 Å². The quantitative estimate of drug-likeness (QED) is 0.404. The maximum Gasteiger partial charge on any atom is 0.272 e. The van der Waals surface area contributed by atoms with Crippen molar-refractivity contribution in [2.24, 2.45) is 0 Å². The molecule has 0 atom stereocenters. The largest absolute Gasteiger partial charge is 0.368 e. The highest BCUT2D eigenvalue weighted by Gasteiger charge is 2.20. The van der Waals surface area contributed by atoms with E-state index in [1.165, 1.54) is 16.8 Å². The number of aromatic nitrogens is 6. The molecule has 0 saturated carbocycles. The molecule has 0 aliphatic rings. The third-order valence-corrected chi connectivity index (χ3v) is 4.64. The minimum absolute atomic E-state index is 0.0234. The van der Waals surface area contributed by atoms with Gasteiger partial charge in [0.1, 0.15) is 5.82 Å². The van der Waals surface area contributed by atoms with E-state index in [9.17, 15) is 14.5 Å². The summed E-state index contributed by atoms with van der Waals surface area (Å²) in [5.41, 5.74) is 6.97. The van der Waals surface area contributed by atoms with E-state index in [0.29, 0.717) is 16.9 Å². The van der Waals surface area contributed by atoms with Gasteiger partial charge in [-0.25, -0.2) is 13.8 Å². The molecule has 0 aliphatic heterocycles. The zero-order chi connectivity index (χ0) is 21.6. The third kappa shape index (κ3) is 3.45. The van der Waals surface area contributed by atoms with Crippen LogP contribution in [-0.4, -0.2) is 34.5 Å². The number of non-ortho nitro benzene ring substituents is 1. The van der Waals surface area contributed by atoms with Gasteiger partial charge >= 0.3 is 0 Å². The van der Waals surface area contributed by atoms with E-state index in [2.05, 4.69) is 40.9 Å². The highest BCUT2D eigenvalue weighted by atomic mass is 19.1. The van der Waals surface area contributed by atoms with Crippen molar-refractivity contribution in [3.8, 4) is 5.82 Å². The summed E-state index contributed by atoms with van der Waals surface area (Å²) < 4.78 is 17.4. The molecule has 11 heteroatoms. The maximum atomic E-state index is 14.3. The Bertz CT molecular complexity index is 1270. The molecule has 10 nitrogen and oxygen atoms in total. The topological polar surface area (TPSA) is 131 Å². The van der Waals surface area contributed by atoms with Crippen LogP contribution in [0.3, 0.4) is 0 Å². The van der Waals surface area contributed by atoms with Crippen molar-refractivity contribution in [2.45, 2.75) is 32.7 Å². The molecule has 2 N–H and O–H groups in total. The van der Waals surface area contributed by atoms with Crippen LogP contribution in [0.5, 0.6) is 0 Å². The van der Waals surface area contributed by atoms with Gasteiger partial charge in [-0.05, 0) is 12.1 Å². The van der Waals surface area contributed by atoms with Crippen LogP contribution in [0.4, 0.5) is 16.0 Å². The van der Waals surface area contributed by atoms with Gasteiger partial charge in [0.15, 0.2) is 11.5 Å². The van der Waals surface area contributed by atoms with Crippen LogP contribution < -0.4 is 5.73 Å². The predicted octanol–water partition coefficient (Wildman–Crippen LogP) is 2.99. The second kappa shape index (κ2) is 6.87. The summed E-state index contributed by atoms with van der Waals surface area (Å²) in [6.07, 6.45) is 3.35. The fourth-order valence-corrected chi connectivity index (χ4v) is 3.03. The Morgan fingerprint density at radius 1 is 1.23 bits per heavy atom. The van der Waals surface area contributed by atoms with Crippen molar-refractivity contribution in [1.82, 2.24) is 29.5 Å². The summed E-state index contributed by atoms with van der Waals surface area (Å²) in [5, 5.41) is 20.3. The number of halogens is 1. The molecule has 0 bridgehead atoms. The first kappa shape index (κ1) is 19.4. The molecule has 3 aromatic heterocycles. The fraction of sp³-hybridized carbons (Fsp3) is 0.263. The number of nitro groups is 1. The van der Waals surface area contributed by atoms with Crippen LogP contribution in [0, 0.1) is 15.9 Å². The molecule has 4 aromatic rings. The van der Waals surface area contributed by atoms with Crippen LogP contribution in [0.25, 0.3) is 16.9 Å². The second-order valence-corrected chi connectivity index (χ2v) is 7.87. The molecule has 0 amide bonds. The Morgan fingerprint density at radius 2 is 2.00 bits per heavy atom. The molecule has 0 radical (unpaired) electrons. The van der Waals surface area contributed by atoms with Crippen molar-refractivity contribution in [2.75, 3.05) is 5.73 Å². The number of nitrogens with two attached hydrogens (primary N) is 1. The number of hydrogen-bond donors (Lipinski definition) is 1. The first-order valence-corrected chi connectivity index (χ1v) is 9.12. The highest BCUT2D eigenvalue weighted by Crippen LogP contribution is 2.25. The lowest BCUT2D eigenvalue weighted by molar-refractivity contribution is -0.385. The summed E-state index contributed by atoms with van der Waals surface area (Å²) in [6, 6.07) is 5.39. The minimum Gasteiger partial charge on any atom is -0.368 e. The van der Waals surface area contributed by atoms with Crippen molar-refractivity contribution in [3.63, 3.8) is 0 Å². The average Bonchev–Trinajstić information content (AvgIpc) is 3.30.